The van der Waals surface area contributed by atoms with Crippen LogP contribution < -0.4 is 10.2 Å². The number of fused-ring (bicyclic) bond motifs is 3. The van der Waals surface area contributed by atoms with Gasteiger partial charge >= 0.3 is 0 Å². The molecule has 0 spiro atoms. The zero-order chi connectivity index (χ0) is 18.1. The van der Waals surface area contributed by atoms with Crippen molar-refractivity contribution in [2.45, 2.75) is 19.3 Å². The minimum absolute atomic E-state index is 0.761. The smallest absolute Gasteiger partial charge is 0.164 e. The minimum atomic E-state index is 0.761. The molecule has 0 bridgehead atoms. The second-order valence-electron chi connectivity index (χ2n) is 7.21. The molecule has 2 aliphatic rings. The number of thiophene rings is 1. The van der Waals surface area contributed by atoms with Gasteiger partial charge in [0, 0.05) is 22.8 Å². The van der Waals surface area contributed by atoms with Crippen LogP contribution in [0.2, 0.25) is 0 Å². The van der Waals surface area contributed by atoms with Crippen molar-refractivity contribution in [3.8, 4) is 11.4 Å². The highest BCUT2D eigenvalue weighted by atomic mass is 32.1. The van der Waals surface area contributed by atoms with Crippen molar-refractivity contribution in [1.82, 2.24) is 15.0 Å². The number of nitrogens with one attached hydrogen (secondary N) is 2. The zero-order valence-corrected chi connectivity index (χ0v) is 16.1. The Hall–Kier alpha value is -2.09. The number of aromatic nitrogens is 3. The molecule has 0 unspecified atom stereocenters. The van der Waals surface area contributed by atoms with Crippen LogP contribution in [0.5, 0.6) is 0 Å². The van der Waals surface area contributed by atoms with Gasteiger partial charge in [-0.3, -0.25) is 4.98 Å². The number of anilines is 1. The molecule has 0 atom stereocenters. The Morgan fingerprint density at radius 2 is 2.11 bits per heavy atom. The van der Waals surface area contributed by atoms with Crippen LogP contribution >= 0.6 is 11.3 Å². The van der Waals surface area contributed by atoms with Gasteiger partial charge in [0.05, 0.1) is 31.7 Å². The minimum Gasteiger partial charge on any atom is -0.370 e. The first-order valence-electron chi connectivity index (χ1n) is 9.76. The zero-order valence-electron chi connectivity index (χ0n) is 15.3. The first-order chi connectivity index (χ1) is 13.4. The van der Waals surface area contributed by atoms with E-state index >= 15 is 0 Å². The average molecular weight is 383 g/mol. The summed E-state index contributed by atoms with van der Waals surface area (Å²) in [6.07, 6.45) is 7.19. The Morgan fingerprint density at radius 1 is 1.19 bits per heavy atom. The lowest BCUT2D eigenvalue weighted by atomic mass is 10.2. The largest absolute Gasteiger partial charge is 0.370 e. The summed E-state index contributed by atoms with van der Waals surface area (Å²) in [4.78, 5) is 18.2. The summed E-state index contributed by atoms with van der Waals surface area (Å²) in [6, 6.07) is 3.96. The second kappa shape index (κ2) is 7.50. The van der Waals surface area contributed by atoms with Gasteiger partial charge in [-0.25, -0.2) is 9.97 Å². The second-order valence-corrected chi connectivity index (χ2v) is 8.30. The summed E-state index contributed by atoms with van der Waals surface area (Å²) < 4.78 is 5.46. The van der Waals surface area contributed by atoms with Gasteiger partial charge in [-0.2, -0.15) is 0 Å². The van der Waals surface area contributed by atoms with Crippen LogP contribution in [0, 0.1) is 0 Å². The third-order valence-electron chi connectivity index (χ3n) is 5.46. The molecule has 0 aromatic carbocycles. The first-order valence-corrected chi connectivity index (χ1v) is 10.6. The van der Waals surface area contributed by atoms with Crippen LogP contribution in [0.1, 0.15) is 16.9 Å². The van der Waals surface area contributed by atoms with Crippen LogP contribution in [-0.4, -0.2) is 54.3 Å². The fraction of sp³-hybridized carbons (Fsp3) is 0.450. The van der Waals surface area contributed by atoms with Crippen molar-refractivity contribution in [2.24, 2.45) is 0 Å². The molecule has 0 radical (unpaired) electrons. The molecular weight excluding hydrogens is 358 g/mol. The average Bonchev–Trinajstić information content (AvgIpc) is 3.30. The van der Waals surface area contributed by atoms with Crippen molar-refractivity contribution < 1.29 is 9.64 Å². The number of hydrogen-bond acceptors (Lipinski definition) is 6. The van der Waals surface area contributed by atoms with Gasteiger partial charge in [0.1, 0.15) is 23.7 Å². The van der Waals surface area contributed by atoms with Crippen molar-refractivity contribution in [3.63, 3.8) is 0 Å². The monoisotopic (exact) mass is 382 g/mol. The first kappa shape index (κ1) is 17.0. The van der Waals surface area contributed by atoms with Crippen molar-refractivity contribution in [2.75, 3.05) is 44.7 Å². The molecule has 5 rings (SSSR count). The van der Waals surface area contributed by atoms with Gasteiger partial charge in [0.15, 0.2) is 5.82 Å². The molecule has 1 aliphatic heterocycles. The van der Waals surface area contributed by atoms with E-state index in [1.54, 1.807) is 11.1 Å². The summed E-state index contributed by atoms with van der Waals surface area (Å²) in [5, 5.41) is 4.88. The number of hydrogen-bond donors (Lipinski definition) is 2. The maximum absolute atomic E-state index is 5.46. The number of aryl methyl sites for hydroxylation is 2. The Bertz CT molecular complexity index is 936. The number of ether oxygens (including phenoxy) is 1. The molecule has 7 heteroatoms. The molecule has 3 aromatic rings. The van der Waals surface area contributed by atoms with Crippen LogP contribution in [0.25, 0.3) is 21.6 Å². The molecule has 2 N–H and O–H groups in total. The molecule has 0 amide bonds. The normalized spacial score (nSPS) is 17.3. The lowest BCUT2D eigenvalue weighted by Crippen LogP contribution is -3.14. The van der Waals surface area contributed by atoms with E-state index in [9.17, 15) is 0 Å². The van der Waals surface area contributed by atoms with E-state index in [2.05, 4.69) is 10.3 Å². The van der Waals surface area contributed by atoms with Crippen molar-refractivity contribution in [3.05, 3.63) is 35.0 Å². The van der Waals surface area contributed by atoms with E-state index in [0.717, 1.165) is 67.8 Å². The van der Waals surface area contributed by atoms with Gasteiger partial charge < -0.3 is 15.0 Å². The van der Waals surface area contributed by atoms with Gasteiger partial charge in [0.25, 0.3) is 0 Å². The molecule has 0 saturated carbocycles. The number of quaternary nitrogens is 1. The summed E-state index contributed by atoms with van der Waals surface area (Å²) >= 11 is 1.84. The molecular formula is C20H24N5OS+. The fourth-order valence-corrected chi connectivity index (χ4v) is 5.28. The van der Waals surface area contributed by atoms with Crippen LogP contribution in [0.15, 0.2) is 24.5 Å². The van der Waals surface area contributed by atoms with Crippen molar-refractivity contribution in [1.29, 1.82) is 0 Å². The highest BCUT2D eigenvalue weighted by Gasteiger charge is 2.23. The summed E-state index contributed by atoms with van der Waals surface area (Å²) in [5.41, 5.74) is 2.43. The van der Waals surface area contributed by atoms with Gasteiger partial charge in [-0.15, -0.1) is 11.3 Å². The predicted molar refractivity (Wildman–Crippen MR) is 108 cm³/mol. The molecule has 4 heterocycles. The molecule has 1 saturated heterocycles. The summed E-state index contributed by atoms with van der Waals surface area (Å²) in [7, 11) is 0. The van der Waals surface area contributed by atoms with Gasteiger partial charge in [-0.1, -0.05) is 0 Å². The summed E-state index contributed by atoms with van der Waals surface area (Å²) in [5.74, 6) is 1.75. The Morgan fingerprint density at radius 3 is 2.96 bits per heavy atom. The third-order valence-corrected chi connectivity index (χ3v) is 6.64. The number of nitrogens with zero attached hydrogens (tertiary/aromatic N) is 3. The Balaban J connectivity index is 1.46. The molecule has 140 valence electrons. The molecule has 3 aromatic heterocycles. The highest BCUT2D eigenvalue weighted by molar-refractivity contribution is 7.19. The third kappa shape index (κ3) is 3.42. The Kier molecular flexibility index (Phi) is 4.73. The van der Waals surface area contributed by atoms with E-state index in [-0.39, 0.29) is 0 Å². The standard InChI is InChI=1S/C20H23N5OS/c1-4-15-16(5-1)27-20-17(15)19(22-7-8-25-9-11-26-12-10-25)23-18(24-20)14-3-2-6-21-13-14/h2-3,6,13H,1,4-5,7-12H2,(H,22,23,24)/p+1. The van der Waals surface area contributed by atoms with Crippen LogP contribution in [0.4, 0.5) is 5.82 Å². The fourth-order valence-electron chi connectivity index (χ4n) is 4.02. The lowest BCUT2D eigenvalue weighted by molar-refractivity contribution is -0.906. The van der Waals surface area contributed by atoms with E-state index in [0.29, 0.717) is 0 Å². The quantitative estimate of drug-likeness (QED) is 0.701. The molecule has 6 nitrogen and oxygen atoms in total. The topological polar surface area (TPSA) is 64.4 Å². The number of morpholine rings is 1. The Labute approximate surface area is 162 Å². The van der Waals surface area contributed by atoms with Gasteiger partial charge in [0.2, 0.25) is 0 Å². The van der Waals surface area contributed by atoms with E-state index in [4.69, 9.17) is 14.7 Å². The van der Waals surface area contributed by atoms with Crippen LogP contribution in [0.3, 0.4) is 0 Å². The van der Waals surface area contributed by atoms with E-state index in [1.807, 2.05) is 29.7 Å². The SMILES string of the molecule is c1cncc(-c2nc(NCC[NH+]3CCOCC3)c3c4c(sc3n2)CCC4)c1. The highest BCUT2D eigenvalue weighted by Crippen LogP contribution is 2.40. The van der Waals surface area contributed by atoms with Crippen molar-refractivity contribution >= 4 is 27.4 Å². The maximum Gasteiger partial charge on any atom is 0.164 e. The number of pyridine rings is 1. The van der Waals surface area contributed by atoms with Gasteiger partial charge in [-0.05, 0) is 37.0 Å². The molecule has 1 fully saturated rings. The lowest BCUT2D eigenvalue weighted by Gasteiger charge is -2.23. The summed E-state index contributed by atoms with van der Waals surface area (Å²) in [6.45, 7) is 5.93. The van der Waals surface area contributed by atoms with Crippen LogP contribution in [-0.2, 0) is 17.6 Å². The van der Waals surface area contributed by atoms with E-state index in [1.165, 1.54) is 28.7 Å². The van der Waals surface area contributed by atoms with E-state index < -0.39 is 0 Å². The predicted octanol–water partition coefficient (Wildman–Crippen LogP) is 1.57. The molecule has 1 aliphatic carbocycles. The number of rotatable bonds is 5. The molecule has 27 heavy (non-hydrogen) atoms. The maximum atomic E-state index is 5.46.